The summed E-state index contributed by atoms with van der Waals surface area (Å²) < 4.78 is 28.0. The molecule has 1 heterocycles. The zero-order valence-electron chi connectivity index (χ0n) is 19.0. The van der Waals surface area contributed by atoms with Crippen molar-refractivity contribution in [2.75, 3.05) is 6.61 Å². The van der Waals surface area contributed by atoms with Crippen molar-refractivity contribution in [3.05, 3.63) is 29.3 Å². The summed E-state index contributed by atoms with van der Waals surface area (Å²) in [7, 11) is 0. The minimum absolute atomic E-state index is 0.287. The van der Waals surface area contributed by atoms with Gasteiger partial charge in [0.25, 0.3) is 0 Å². The third-order valence-electron chi connectivity index (χ3n) is 4.71. The van der Waals surface area contributed by atoms with Crippen molar-refractivity contribution in [2.24, 2.45) is 0 Å². The second-order valence-corrected chi connectivity index (χ2v) is 7.56. The van der Waals surface area contributed by atoms with Crippen LogP contribution in [0.3, 0.4) is 0 Å². The van der Waals surface area contributed by atoms with Gasteiger partial charge < -0.3 is 29.0 Å². The lowest BCUT2D eigenvalue weighted by Gasteiger charge is -2.45. The maximum absolute atomic E-state index is 12.0. The van der Waals surface area contributed by atoms with Crippen LogP contribution in [0.25, 0.3) is 0 Å². The number of aryl methyl sites for hydroxylation is 2. The van der Waals surface area contributed by atoms with Gasteiger partial charge in [0.15, 0.2) is 12.2 Å². The van der Waals surface area contributed by atoms with E-state index in [9.17, 15) is 19.2 Å². The summed E-state index contributed by atoms with van der Waals surface area (Å²) in [5.41, 5.74) is 1.63. The minimum Gasteiger partial charge on any atom is -0.463 e. The molecule has 10 nitrogen and oxygen atoms in total. The van der Waals surface area contributed by atoms with Crippen LogP contribution in [0.2, 0.25) is 0 Å². The highest BCUT2D eigenvalue weighted by molar-refractivity contribution is 5.73. The molecule has 5 atom stereocenters. The second kappa shape index (κ2) is 10.9. The second-order valence-electron chi connectivity index (χ2n) is 7.56. The Bertz CT molecular complexity index is 849. The number of para-hydroxylation sites is 1. The molecule has 1 aliphatic heterocycles. The van der Waals surface area contributed by atoms with E-state index in [4.69, 9.17) is 23.7 Å². The molecule has 1 saturated heterocycles. The summed E-state index contributed by atoms with van der Waals surface area (Å²) in [6.45, 7) is 8.28. The monoisotopic (exact) mass is 451 g/mol. The molecule has 0 radical (unpaired) electrons. The van der Waals surface area contributed by atoms with Crippen LogP contribution in [-0.4, -0.2) is 61.1 Å². The van der Waals surface area contributed by atoms with E-state index in [0.29, 0.717) is 5.75 Å². The summed E-state index contributed by atoms with van der Waals surface area (Å²) in [6, 6.07) is 4.54. The van der Waals surface area contributed by atoms with E-state index in [1.165, 1.54) is 27.7 Å². The molecule has 1 fully saturated rings. The normalized spacial score (nSPS) is 24.8. The quantitative estimate of drug-likeness (QED) is 0.483. The van der Waals surface area contributed by atoms with Gasteiger partial charge in [-0.3, -0.25) is 19.2 Å². The summed E-state index contributed by atoms with van der Waals surface area (Å²) in [4.78, 5) is 47.0. The van der Waals surface area contributed by atoms with Gasteiger partial charge in [0.1, 0.15) is 24.5 Å². The Labute approximate surface area is 186 Å². The summed E-state index contributed by atoms with van der Waals surface area (Å²) in [6.07, 6.45) is -4.49. The molecule has 0 aromatic heterocycles. The van der Waals surface area contributed by atoms with Gasteiger partial charge >= 0.3 is 17.9 Å². The largest absolute Gasteiger partial charge is 0.463 e. The lowest BCUT2D eigenvalue weighted by atomic mass is 9.96. The number of carbonyl (C=O) groups excluding carboxylic acids is 4. The Morgan fingerprint density at radius 2 is 1.47 bits per heavy atom. The van der Waals surface area contributed by atoms with Gasteiger partial charge in [-0.1, -0.05) is 18.2 Å². The molecule has 2 rings (SSSR count). The number of benzene rings is 1. The van der Waals surface area contributed by atoms with Crippen molar-refractivity contribution in [1.82, 2.24) is 5.32 Å². The van der Waals surface area contributed by atoms with E-state index >= 15 is 0 Å². The maximum atomic E-state index is 12.0. The highest BCUT2D eigenvalue weighted by Crippen LogP contribution is 2.31. The molecule has 1 N–H and O–H groups in total. The summed E-state index contributed by atoms with van der Waals surface area (Å²) in [5.74, 6) is -1.83. The lowest BCUT2D eigenvalue weighted by molar-refractivity contribution is -0.257. The van der Waals surface area contributed by atoms with E-state index in [2.05, 4.69) is 5.32 Å². The highest BCUT2D eigenvalue weighted by Gasteiger charge is 2.52. The first-order chi connectivity index (χ1) is 15.0. The van der Waals surface area contributed by atoms with Crippen LogP contribution in [-0.2, 0) is 38.1 Å². The first kappa shape index (κ1) is 25.1. The molecule has 0 bridgehead atoms. The van der Waals surface area contributed by atoms with Crippen LogP contribution in [0.1, 0.15) is 38.8 Å². The maximum Gasteiger partial charge on any atom is 0.303 e. The number of esters is 3. The topological polar surface area (TPSA) is 126 Å². The van der Waals surface area contributed by atoms with E-state index in [1.54, 1.807) is 0 Å². The van der Waals surface area contributed by atoms with Gasteiger partial charge in [-0.15, -0.1) is 0 Å². The SMILES string of the molecule is CC(=O)NC1C(Oc2c(C)cccc2C)OC(COC(C)=O)C(OC(C)=O)C1OC(C)=O. The predicted octanol–water partition coefficient (Wildman–Crippen LogP) is 1.34. The molecule has 1 amide bonds. The molecular weight excluding hydrogens is 422 g/mol. The average Bonchev–Trinajstić information content (AvgIpc) is 2.66. The molecule has 1 aromatic rings. The van der Waals surface area contributed by atoms with Crippen molar-refractivity contribution in [3.63, 3.8) is 0 Å². The fourth-order valence-corrected chi connectivity index (χ4v) is 3.49. The Hall–Kier alpha value is -3.14. The Balaban J connectivity index is 2.50. The molecule has 0 spiro atoms. The van der Waals surface area contributed by atoms with Crippen LogP contribution in [0, 0.1) is 13.8 Å². The zero-order valence-corrected chi connectivity index (χ0v) is 19.0. The number of nitrogens with one attached hydrogen (secondary N) is 1. The van der Waals surface area contributed by atoms with E-state index < -0.39 is 54.5 Å². The molecule has 32 heavy (non-hydrogen) atoms. The van der Waals surface area contributed by atoms with Crippen LogP contribution in [0.15, 0.2) is 18.2 Å². The molecular formula is C22H29NO9. The Kier molecular flexibility index (Phi) is 8.59. The summed E-state index contributed by atoms with van der Waals surface area (Å²) >= 11 is 0. The van der Waals surface area contributed by atoms with Crippen molar-refractivity contribution in [3.8, 4) is 5.75 Å². The lowest BCUT2D eigenvalue weighted by Crippen LogP contribution is -2.67. The minimum atomic E-state index is -1.16. The van der Waals surface area contributed by atoms with Crippen LogP contribution in [0.5, 0.6) is 5.75 Å². The number of hydrogen-bond donors (Lipinski definition) is 1. The van der Waals surface area contributed by atoms with Gasteiger partial charge in [0.05, 0.1) is 0 Å². The number of carbonyl (C=O) groups is 4. The average molecular weight is 451 g/mol. The van der Waals surface area contributed by atoms with Crippen molar-refractivity contribution in [2.45, 2.75) is 72.2 Å². The third-order valence-corrected chi connectivity index (χ3v) is 4.71. The van der Waals surface area contributed by atoms with Crippen LogP contribution in [0.4, 0.5) is 0 Å². The fraction of sp³-hybridized carbons (Fsp3) is 0.545. The van der Waals surface area contributed by atoms with E-state index in [0.717, 1.165) is 11.1 Å². The van der Waals surface area contributed by atoms with E-state index in [-0.39, 0.29) is 6.61 Å². The number of amides is 1. The standard InChI is InChI=1S/C22H29NO9/c1-11-8-7-9-12(2)19(11)32-22-18(23-13(3)24)21(30-16(6)27)20(29-15(5)26)17(31-22)10-28-14(4)25/h7-9,17-18,20-22H,10H2,1-6H3,(H,23,24). The molecule has 176 valence electrons. The van der Waals surface area contributed by atoms with Crippen molar-refractivity contribution in [1.29, 1.82) is 0 Å². The Morgan fingerprint density at radius 3 is 1.97 bits per heavy atom. The van der Waals surface area contributed by atoms with Gasteiger partial charge in [-0.05, 0) is 25.0 Å². The van der Waals surface area contributed by atoms with Crippen LogP contribution >= 0.6 is 0 Å². The van der Waals surface area contributed by atoms with Gasteiger partial charge in [-0.25, -0.2) is 0 Å². The number of ether oxygens (including phenoxy) is 5. The molecule has 0 aliphatic carbocycles. The Morgan fingerprint density at radius 1 is 0.906 bits per heavy atom. The predicted molar refractivity (Wildman–Crippen MR) is 111 cm³/mol. The fourth-order valence-electron chi connectivity index (χ4n) is 3.49. The van der Waals surface area contributed by atoms with Gasteiger partial charge in [0, 0.05) is 27.7 Å². The highest BCUT2D eigenvalue weighted by atomic mass is 16.7. The zero-order chi connectivity index (χ0) is 24.0. The molecule has 1 aliphatic rings. The molecule has 10 heteroatoms. The van der Waals surface area contributed by atoms with Crippen molar-refractivity contribution < 1.29 is 42.9 Å². The molecule has 5 unspecified atom stereocenters. The first-order valence-corrected chi connectivity index (χ1v) is 10.1. The van der Waals surface area contributed by atoms with Crippen LogP contribution < -0.4 is 10.1 Å². The summed E-state index contributed by atoms with van der Waals surface area (Å²) in [5, 5.41) is 2.67. The number of hydrogen-bond acceptors (Lipinski definition) is 9. The smallest absolute Gasteiger partial charge is 0.303 e. The molecule has 0 saturated carbocycles. The van der Waals surface area contributed by atoms with E-state index in [1.807, 2.05) is 32.0 Å². The molecule has 1 aromatic carbocycles. The van der Waals surface area contributed by atoms with Crippen molar-refractivity contribution >= 4 is 23.8 Å². The first-order valence-electron chi connectivity index (χ1n) is 10.1. The van der Waals surface area contributed by atoms with Gasteiger partial charge in [0.2, 0.25) is 12.2 Å². The van der Waals surface area contributed by atoms with Gasteiger partial charge in [-0.2, -0.15) is 0 Å². The third kappa shape index (κ3) is 6.68. The number of rotatable bonds is 7.